The molecule has 0 bridgehead atoms. The fraction of sp³-hybridized carbons (Fsp3) is 0.727. The van der Waals surface area contributed by atoms with Crippen LogP contribution in [0.1, 0.15) is 17.6 Å². The van der Waals surface area contributed by atoms with Crippen LogP contribution in [-0.4, -0.2) is 61.2 Å². The molecule has 4 N–H and O–H groups in total. The highest BCUT2D eigenvalue weighted by Crippen LogP contribution is 2.28. The summed E-state index contributed by atoms with van der Waals surface area (Å²) < 4.78 is 6.84. The number of aryl methyl sites for hydroxylation is 2. The summed E-state index contributed by atoms with van der Waals surface area (Å²) in [4.78, 5) is 0. The summed E-state index contributed by atoms with van der Waals surface area (Å²) in [6.45, 7) is 3.15. The lowest BCUT2D eigenvalue weighted by molar-refractivity contribution is -0.254. The average Bonchev–Trinajstić information content (AvgIpc) is 2.66. The minimum absolute atomic E-state index is 0.444. The van der Waals surface area contributed by atoms with E-state index < -0.39 is 37.3 Å². The maximum atomic E-state index is 9.93. The topological polar surface area (TPSA) is 108 Å². The molecule has 1 aromatic heterocycles. The summed E-state index contributed by atoms with van der Waals surface area (Å²) in [5, 5.41) is 42.6. The molecule has 7 heteroatoms. The van der Waals surface area contributed by atoms with Gasteiger partial charge < -0.3 is 25.2 Å². The number of hydrogen-bond donors (Lipinski definition) is 4. The Bertz CT molecular complexity index is 420. The lowest BCUT2D eigenvalue weighted by Gasteiger charge is -2.40. The van der Waals surface area contributed by atoms with Gasteiger partial charge in [-0.3, -0.25) is 0 Å². The van der Waals surface area contributed by atoms with E-state index in [0.29, 0.717) is 0 Å². The minimum atomic E-state index is -1.38. The van der Waals surface area contributed by atoms with Crippen LogP contribution in [0.5, 0.6) is 0 Å². The molecule has 5 atom stereocenters. The molecule has 1 aliphatic heterocycles. The third-order valence-electron chi connectivity index (χ3n) is 3.15. The van der Waals surface area contributed by atoms with Crippen LogP contribution in [0.15, 0.2) is 6.07 Å². The van der Waals surface area contributed by atoms with Gasteiger partial charge in [0.15, 0.2) is 6.23 Å². The van der Waals surface area contributed by atoms with Crippen LogP contribution in [0.25, 0.3) is 0 Å². The van der Waals surface area contributed by atoms with Crippen LogP contribution in [0.2, 0.25) is 0 Å². The lowest BCUT2D eigenvalue weighted by Crippen LogP contribution is -2.56. The monoisotopic (exact) mass is 258 g/mol. The summed E-state index contributed by atoms with van der Waals surface area (Å²) in [5.74, 6) is 0. The molecule has 0 aromatic carbocycles. The molecule has 1 saturated heterocycles. The van der Waals surface area contributed by atoms with Crippen molar-refractivity contribution in [3.63, 3.8) is 0 Å². The maximum absolute atomic E-state index is 9.93. The van der Waals surface area contributed by atoms with Gasteiger partial charge in [0.1, 0.15) is 24.4 Å². The average molecular weight is 258 g/mol. The zero-order valence-electron chi connectivity index (χ0n) is 10.3. The number of ether oxygens (including phenoxy) is 1. The Morgan fingerprint density at radius 2 is 1.89 bits per heavy atom. The normalized spacial score (nSPS) is 36.9. The molecule has 0 spiro atoms. The first-order valence-corrected chi connectivity index (χ1v) is 5.79. The molecule has 102 valence electrons. The van der Waals surface area contributed by atoms with Crippen molar-refractivity contribution < 1.29 is 25.2 Å². The molecule has 0 saturated carbocycles. The number of aromatic nitrogens is 2. The van der Waals surface area contributed by atoms with Crippen LogP contribution in [0.4, 0.5) is 0 Å². The van der Waals surface area contributed by atoms with E-state index in [9.17, 15) is 15.3 Å². The van der Waals surface area contributed by atoms with Crippen LogP contribution in [0, 0.1) is 13.8 Å². The third kappa shape index (κ3) is 2.15. The van der Waals surface area contributed by atoms with Crippen LogP contribution < -0.4 is 0 Å². The molecule has 1 aliphatic rings. The smallest absolute Gasteiger partial charge is 0.179 e. The number of aliphatic hydroxyl groups excluding tert-OH is 4. The molecule has 0 amide bonds. The molecule has 1 aromatic rings. The Balaban J connectivity index is 2.29. The lowest BCUT2D eigenvalue weighted by atomic mass is 9.98. The second-order valence-electron chi connectivity index (χ2n) is 4.59. The molecule has 1 fully saturated rings. The first kappa shape index (κ1) is 13.4. The van der Waals surface area contributed by atoms with Gasteiger partial charge >= 0.3 is 0 Å². The summed E-state index contributed by atoms with van der Waals surface area (Å²) in [6.07, 6.45) is -5.88. The second-order valence-corrected chi connectivity index (χ2v) is 4.59. The maximum Gasteiger partial charge on any atom is 0.179 e. The van der Waals surface area contributed by atoms with Gasteiger partial charge in [-0.2, -0.15) is 5.10 Å². The molecule has 7 nitrogen and oxygen atoms in total. The summed E-state index contributed by atoms with van der Waals surface area (Å²) in [6, 6.07) is 1.81. The Morgan fingerprint density at radius 3 is 2.39 bits per heavy atom. The Hall–Kier alpha value is -0.990. The van der Waals surface area contributed by atoms with Gasteiger partial charge in [-0.1, -0.05) is 0 Å². The van der Waals surface area contributed by atoms with Gasteiger partial charge in [-0.15, -0.1) is 0 Å². The largest absolute Gasteiger partial charge is 0.394 e. The number of nitrogens with zero attached hydrogens (tertiary/aromatic N) is 2. The second kappa shape index (κ2) is 4.94. The fourth-order valence-corrected chi connectivity index (χ4v) is 2.19. The standard InChI is InChI=1S/C11H18N2O5/c1-5-3-6(2)13(12-5)11-10(17)9(16)8(15)7(4-14)18-11/h3,7-11,14-17H,4H2,1-2H3/t7-,8-,9+,10-,11-/m1/s1. The number of hydrogen-bond acceptors (Lipinski definition) is 6. The highest BCUT2D eigenvalue weighted by Gasteiger charge is 2.44. The Labute approximate surface area is 104 Å². The van der Waals surface area contributed by atoms with Crippen LogP contribution in [-0.2, 0) is 4.74 Å². The SMILES string of the molecule is Cc1cc(C)n([C@@H]2O[C@H](CO)[C@@H](O)[C@H](O)[C@H]2O)n1. The van der Waals surface area contributed by atoms with Crippen molar-refractivity contribution >= 4 is 0 Å². The van der Waals surface area contributed by atoms with Gasteiger partial charge in [-0.05, 0) is 19.9 Å². The van der Waals surface area contributed by atoms with Gasteiger partial charge in [0.25, 0.3) is 0 Å². The molecular weight excluding hydrogens is 240 g/mol. The molecule has 0 aliphatic carbocycles. The molecule has 2 rings (SSSR count). The summed E-state index contributed by atoms with van der Waals surface area (Å²) >= 11 is 0. The van der Waals surface area contributed by atoms with Crippen molar-refractivity contribution in [1.82, 2.24) is 9.78 Å². The number of aliphatic hydroxyl groups is 4. The van der Waals surface area contributed by atoms with E-state index >= 15 is 0 Å². The van der Waals surface area contributed by atoms with Gasteiger partial charge in [-0.25, -0.2) is 4.68 Å². The van der Waals surface area contributed by atoms with E-state index in [1.807, 2.05) is 0 Å². The quantitative estimate of drug-likeness (QED) is 0.513. The first-order chi connectivity index (χ1) is 8.45. The van der Waals surface area contributed by atoms with E-state index in [1.165, 1.54) is 4.68 Å². The summed E-state index contributed by atoms with van der Waals surface area (Å²) in [5.41, 5.74) is 1.52. The van der Waals surface area contributed by atoms with Crippen molar-refractivity contribution in [3.05, 3.63) is 17.5 Å². The minimum Gasteiger partial charge on any atom is -0.394 e. The fourth-order valence-electron chi connectivity index (χ4n) is 2.19. The van der Waals surface area contributed by atoms with E-state index in [0.717, 1.165) is 11.4 Å². The van der Waals surface area contributed by atoms with Crippen molar-refractivity contribution in [2.75, 3.05) is 6.61 Å². The predicted octanol–water partition coefficient (Wildman–Crippen LogP) is -1.53. The van der Waals surface area contributed by atoms with E-state index in [4.69, 9.17) is 9.84 Å². The Morgan fingerprint density at radius 1 is 1.22 bits per heavy atom. The molecule has 0 unspecified atom stereocenters. The summed E-state index contributed by atoms with van der Waals surface area (Å²) in [7, 11) is 0. The molecular formula is C11H18N2O5. The van der Waals surface area contributed by atoms with Crippen LogP contribution >= 0.6 is 0 Å². The number of rotatable bonds is 2. The third-order valence-corrected chi connectivity index (χ3v) is 3.15. The van der Waals surface area contributed by atoms with Crippen molar-refractivity contribution in [2.24, 2.45) is 0 Å². The predicted molar refractivity (Wildman–Crippen MR) is 60.7 cm³/mol. The van der Waals surface area contributed by atoms with Crippen LogP contribution in [0.3, 0.4) is 0 Å². The van der Waals surface area contributed by atoms with E-state index in [2.05, 4.69) is 5.10 Å². The van der Waals surface area contributed by atoms with Crippen molar-refractivity contribution in [3.8, 4) is 0 Å². The van der Waals surface area contributed by atoms with Crippen molar-refractivity contribution in [2.45, 2.75) is 44.5 Å². The zero-order valence-corrected chi connectivity index (χ0v) is 10.3. The molecule has 2 heterocycles. The van der Waals surface area contributed by atoms with Gasteiger partial charge in [0.05, 0.1) is 12.3 Å². The van der Waals surface area contributed by atoms with E-state index in [-0.39, 0.29) is 0 Å². The first-order valence-electron chi connectivity index (χ1n) is 5.79. The van der Waals surface area contributed by atoms with E-state index in [1.54, 1.807) is 19.9 Å². The van der Waals surface area contributed by atoms with Gasteiger partial charge in [0, 0.05) is 5.69 Å². The highest BCUT2D eigenvalue weighted by atomic mass is 16.6. The molecule has 0 radical (unpaired) electrons. The van der Waals surface area contributed by atoms with Gasteiger partial charge in [0.2, 0.25) is 0 Å². The molecule has 18 heavy (non-hydrogen) atoms. The highest BCUT2D eigenvalue weighted by molar-refractivity contribution is 5.08. The Kier molecular flexibility index (Phi) is 3.69. The zero-order chi connectivity index (χ0) is 13.4. The van der Waals surface area contributed by atoms with Crippen molar-refractivity contribution in [1.29, 1.82) is 0 Å².